The van der Waals surface area contributed by atoms with Crippen molar-refractivity contribution in [3.8, 4) is 5.75 Å². The number of hydrogen-bond donors (Lipinski definition) is 3. The van der Waals surface area contributed by atoms with Crippen molar-refractivity contribution >= 4 is 11.7 Å². The van der Waals surface area contributed by atoms with Gasteiger partial charge < -0.3 is 15.7 Å². The first-order valence-corrected chi connectivity index (χ1v) is 6.20. The molecule has 1 aliphatic rings. The minimum Gasteiger partial charge on any atom is -0.504 e. The number of carbonyl (C=O) groups excluding carboxylic acids is 1. The second-order valence-corrected chi connectivity index (χ2v) is 5.12. The molecule has 1 saturated heterocycles. The fourth-order valence-corrected chi connectivity index (χ4v) is 2.15. The van der Waals surface area contributed by atoms with Crippen LogP contribution in [0.15, 0.2) is 12.1 Å². The first-order chi connectivity index (χ1) is 8.51. The number of anilines is 1. The molecule has 1 unspecified atom stereocenters. The molecule has 2 heterocycles. The van der Waals surface area contributed by atoms with E-state index in [0.717, 1.165) is 25.1 Å². The predicted octanol–water partition coefficient (Wildman–Crippen LogP) is 1.42. The van der Waals surface area contributed by atoms with Crippen molar-refractivity contribution < 1.29 is 9.90 Å². The van der Waals surface area contributed by atoms with E-state index in [2.05, 4.69) is 15.6 Å². The van der Waals surface area contributed by atoms with Crippen molar-refractivity contribution in [2.75, 3.05) is 18.4 Å². The molecule has 2 rings (SSSR count). The van der Waals surface area contributed by atoms with Crippen LogP contribution in [0.5, 0.6) is 5.75 Å². The van der Waals surface area contributed by atoms with Gasteiger partial charge in [-0.05, 0) is 45.4 Å². The highest BCUT2D eigenvalue weighted by atomic mass is 16.3. The van der Waals surface area contributed by atoms with E-state index in [1.807, 2.05) is 13.8 Å². The van der Waals surface area contributed by atoms with Gasteiger partial charge in [-0.1, -0.05) is 0 Å². The molecule has 18 heavy (non-hydrogen) atoms. The van der Waals surface area contributed by atoms with E-state index in [-0.39, 0.29) is 17.5 Å². The van der Waals surface area contributed by atoms with Gasteiger partial charge in [0, 0.05) is 12.2 Å². The number of rotatable bonds is 2. The Labute approximate surface area is 107 Å². The summed E-state index contributed by atoms with van der Waals surface area (Å²) in [6, 6.07) is 3.24. The van der Waals surface area contributed by atoms with Gasteiger partial charge in [-0.15, -0.1) is 0 Å². The smallest absolute Gasteiger partial charge is 0.232 e. The van der Waals surface area contributed by atoms with Crippen LogP contribution in [0.2, 0.25) is 0 Å². The van der Waals surface area contributed by atoms with Crippen molar-refractivity contribution in [2.45, 2.75) is 26.7 Å². The molecule has 0 aliphatic carbocycles. The number of hydrogen-bond acceptors (Lipinski definition) is 4. The topological polar surface area (TPSA) is 74.2 Å². The van der Waals surface area contributed by atoms with E-state index in [9.17, 15) is 9.90 Å². The van der Waals surface area contributed by atoms with Crippen LogP contribution in [0.3, 0.4) is 0 Å². The summed E-state index contributed by atoms with van der Waals surface area (Å²) in [5.41, 5.74) is 0.325. The van der Waals surface area contributed by atoms with Crippen molar-refractivity contribution in [3.63, 3.8) is 0 Å². The molecule has 1 atom stereocenters. The van der Waals surface area contributed by atoms with Crippen LogP contribution >= 0.6 is 0 Å². The van der Waals surface area contributed by atoms with Crippen LogP contribution in [-0.2, 0) is 4.79 Å². The van der Waals surface area contributed by atoms with E-state index in [1.54, 1.807) is 12.1 Å². The average molecular weight is 249 g/mol. The molecule has 0 aromatic carbocycles. The maximum atomic E-state index is 12.3. The lowest BCUT2D eigenvalue weighted by molar-refractivity contribution is -0.125. The zero-order chi connectivity index (χ0) is 13.2. The lowest BCUT2D eigenvalue weighted by Gasteiger charge is -2.32. The van der Waals surface area contributed by atoms with Gasteiger partial charge in [0.15, 0.2) is 11.6 Å². The fraction of sp³-hybridized carbons (Fsp3) is 0.538. The SMILES string of the molecule is Cc1ccc(O)c(NC(=O)C2(C)CCCNC2)n1. The van der Waals surface area contributed by atoms with Crippen LogP contribution in [-0.4, -0.2) is 29.1 Å². The number of nitrogens with one attached hydrogen (secondary N) is 2. The Morgan fingerprint density at radius 3 is 3.00 bits per heavy atom. The summed E-state index contributed by atoms with van der Waals surface area (Å²) in [5.74, 6) is 0.149. The van der Waals surface area contributed by atoms with Crippen molar-refractivity contribution in [3.05, 3.63) is 17.8 Å². The molecule has 0 saturated carbocycles. The number of aromatic hydroxyl groups is 1. The van der Waals surface area contributed by atoms with Crippen LogP contribution in [0.1, 0.15) is 25.5 Å². The van der Waals surface area contributed by atoms with Gasteiger partial charge in [0.25, 0.3) is 0 Å². The maximum Gasteiger partial charge on any atom is 0.232 e. The summed E-state index contributed by atoms with van der Waals surface area (Å²) in [6.45, 7) is 5.36. The molecule has 0 radical (unpaired) electrons. The number of pyridine rings is 1. The highest BCUT2D eigenvalue weighted by Crippen LogP contribution is 2.29. The number of piperidine rings is 1. The number of aryl methyl sites for hydroxylation is 1. The van der Waals surface area contributed by atoms with E-state index >= 15 is 0 Å². The molecule has 1 fully saturated rings. The Balaban J connectivity index is 2.13. The summed E-state index contributed by atoms with van der Waals surface area (Å²) in [4.78, 5) is 16.4. The van der Waals surface area contributed by atoms with Gasteiger partial charge in [0.2, 0.25) is 5.91 Å². The number of aromatic nitrogens is 1. The third-order valence-electron chi connectivity index (χ3n) is 3.39. The monoisotopic (exact) mass is 249 g/mol. The second-order valence-electron chi connectivity index (χ2n) is 5.12. The lowest BCUT2D eigenvalue weighted by Crippen LogP contribution is -2.46. The standard InChI is InChI=1S/C13H19N3O2/c1-9-4-5-10(17)11(15-9)16-12(18)13(2)6-3-7-14-8-13/h4-5,14,17H,3,6-8H2,1-2H3,(H,15,16,18). The first-order valence-electron chi connectivity index (χ1n) is 6.20. The van der Waals surface area contributed by atoms with Gasteiger partial charge in [-0.3, -0.25) is 4.79 Å². The summed E-state index contributed by atoms with van der Waals surface area (Å²) >= 11 is 0. The summed E-state index contributed by atoms with van der Waals surface area (Å²) in [6.07, 6.45) is 1.83. The van der Waals surface area contributed by atoms with Gasteiger partial charge in [0.05, 0.1) is 5.41 Å². The van der Waals surface area contributed by atoms with Crippen molar-refractivity contribution in [2.24, 2.45) is 5.41 Å². The minimum atomic E-state index is -0.434. The van der Waals surface area contributed by atoms with Crippen molar-refractivity contribution in [1.82, 2.24) is 10.3 Å². The Morgan fingerprint density at radius 1 is 1.56 bits per heavy atom. The molecule has 5 heteroatoms. The highest BCUT2D eigenvalue weighted by molar-refractivity contribution is 5.95. The highest BCUT2D eigenvalue weighted by Gasteiger charge is 2.35. The Bertz CT molecular complexity index is 454. The predicted molar refractivity (Wildman–Crippen MR) is 69.5 cm³/mol. The van der Waals surface area contributed by atoms with Crippen LogP contribution < -0.4 is 10.6 Å². The molecule has 98 valence electrons. The molecule has 0 spiro atoms. The summed E-state index contributed by atoms with van der Waals surface area (Å²) in [7, 11) is 0. The zero-order valence-corrected chi connectivity index (χ0v) is 10.8. The van der Waals surface area contributed by atoms with Crippen LogP contribution in [0.25, 0.3) is 0 Å². The molecule has 1 amide bonds. The fourth-order valence-electron chi connectivity index (χ4n) is 2.15. The quantitative estimate of drug-likeness (QED) is 0.741. The normalized spacial score (nSPS) is 23.7. The van der Waals surface area contributed by atoms with Crippen LogP contribution in [0, 0.1) is 12.3 Å². The average Bonchev–Trinajstić information content (AvgIpc) is 2.35. The van der Waals surface area contributed by atoms with E-state index in [0.29, 0.717) is 6.54 Å². The first kappa shape index (κ1) is 12.8. The van der Waals surface area contributed by atoms with E-state index in [4.69, 9.17) is 0 Å². The Morgan fingerprint density at radius 2 is 2.33 bits per heavy atom. The Kier molecular flexibility index (Phi) is 3.52. The van der Waals surface area contributed by atoms with Gasteiger partial charge in [0.1, 0.15) is 0 Å². The van der Waals surface area contributed by atoms with Gasteiger partial charge in [-0.25, -0.2) is 4.98 Å². The third kappa shape index (κ3) is 2.61. The largest absolute Gasteiger partial charge is 0.504 e. The van der Waals surface area contributed by atoms with Crippen LogP contribution in [0.4, 0.5) is 5.82 Å². The molecule has 1 aromatic rings. The second kappa shape index (κ2) is 4.94. The zero-order valence-electron chi connectivity index (χ0n) is 10.8. The molecule has 3 N–H and O–H groups in total. The molecule has 5 nitrogen and oxygen atoms in total. The minimum absolute atomic E-state index is 0.00122. The summed E-state index contributed by atoms with van der Waals surface area (Å²) in [5, 5.41) is 15.6. The van der Waals surface area contributed by atoms with E-state index < -0.39 is 5.41 Å². The number of carbonyl (C=O) groups is 1. The van der Waals surface area contributed by atoms with E-state index in [1.165, 1.54) is 0 Å². The summed E-state index contributed by atoms with van der Waals surface area (Å²) < 4.78 is 0. The number of nitrogens with zero attached hydrogens (tertiary/aromatic N) is 1. The third-order valence-corrected chi connectivity index (χ3v) is 3.39. The Hall–Kier alpha value is -1.62. The van der Waals surface area contributed by atoms with Gasteiger partial charge in [-0.2, -0.15) is 0 Å². The molecular formula is C13H19N3O2. The molecule has 1 aromatic heterocycles. The molecule has 0 bridgehead atoms. The maximum absolute atomic E-state index is 12.3. The lowest BCUT2D eigenvalue weighted by atomic mass is 9.82. The number of amides is 1. The van der Waals surface area contributed by atoms with Gasteiger partial charge >= 0.3 is 0 Å². The molecular weight excluding hydrogens is 230 g/mol. The molecule has 1 aliphatic heterocycles. The van der Waals surface area contributed by atoms with Crippen molar-refractivity contribution in [1.29, 1.82) is 0 Å².